The lowest BCUT2D eigenvalue weighted by molar-refractivity contribution is 0.0596. The van der Waals surface area contributed by atoms with Gasteiger partial charge in [0, 0.05) is 7.05 Å². The SMILES string of the molecule is COC(=O)c1c(Oc2ccccc2)n(C)[nH]c1=O. The van der Waals surface area contributed by atoms with Gasteiger partial charge in [-0.2, -0.15) is 0 Å². The van der Waals surface area contributed by atoms with Crippen molar-refractivity contribution in [2.75, 3.05) is 7.11 Å². The Morgan fingerprint density at radius 3 is 2.56 bits per heavy atom. The molecule has 0 amide bonds. The molecule has 6 nitrogen and oxygen atoms in total. The van der Waals surface area contributed by atoms with Crippen LogP contribution in [0.5, 0.6) is 11.6 Å². The van der Waals surface area contributed by atoms with E-state index in [1.807, 2.05) is 6.07 Å². The summed E-state index contributed by atoms with van der Waals surface area (Å²) >= 11 is 0. The van der Waals surface area contributed by atoms with E-state index in [4.69, 9.17) is 4.74 Å². The fraction of sp³-hybridized carbons (Fsp3) is 0.167. The Labute approximate surface area is 103 Å². The molecule has 2 rings (SSSR count). The third-order valence-corrected chi connectivity index (χ3v) is 2.36. The molecule has 0 saturated heterocycles. The fourth-order valence-corrected chi connectivity index (χ4v) is 1.53. The summed E-state index contributed by atoms with van der Waals surface area (Å²) in [7, 11) is 2.78. The number of esters is 1. The topological polar surface area (TPSA) is 73.3 Å². The fourth-order valence-electron chi connectivity index (χ4n) is 1.53. The Hall–Kier alpha value is -2.50. The van der Waals surface area contributed by atoms with E-state index in [0.29, 0.717) is 5.75 Å². The number of rotatable bonds is 3. The average molecular weight is 248 g/mol. The van der Waals surface area contributed by atoms with Crippen molar-refractivity contribution in [3.05, 3.63) is 46.2 Å². The van der Waals surface area contributed by atoms with Crippen molar-refractivity contribution in [1.29, 1.82) is 0 Å². The number of ether oxygens (including phenoxy) is 2. The van der Waals surface area contributed by atoms with Crippen LogP contribution in [0.2, 0.25) is 0 Å². The van der Waals surface area contributed by atoms with Gasteiger partial charge in [-0.05, 0) is 12.1 Å². The maximum atomic E-state index is 11.6. The van der Waals surface area contributed by atoms with E-state index in [9.17, 15) is 9.59 Å². The molecule has 0 aliphatic heterocycles. The third-order valence-electron chi connectivity index (χ3n) is 2.36. The molecule has 0 saturated carbocycles. The van der Waals surface area contributed by atoms with Gasteiger partial charge in [-0.15, -0.1) is 0 Å². The lowest BCUT2D eigenvalue weighted by Crippen LogP contribution is -2.14. The van der Waals surface area contributed by atoms with E-state index in [1.165, 1.54) is 11.8 Å². The molecule has 1 heterocycles. The van der Waals surface area contributed by atoms with Crippen LogP contribution in [0.1, 0.15) is 10.4 Å². The second-order valence-electron chi connectivity index (χ2n) is 3.59. The summed E-state index contributed by atoms with van der Waals surface area (Å²) in [5.74, 6) is -0.0851. The molecule has 18 heavy (non-hydrogen) atoms. The maximum absolute atomic E-state index is 11.6. The summed E-state index contributed by atoms with van der Waals surface area (Å²) in [4.78, 5) is 23.1. The van der Waals surface area contributed by atoms with Crippen LogP contribution in [0.25, 0.3) is 0 Å². The zero-order chi connectivity index (χ0) is 13.1. The molecule has 0 bridgehead atoms. The maximum Gasteiger partial charge on any atom is 0.349 e. The molecule has 0 unspecified atom stereocenters. The van der Waals surface area contributed by atoms with Crippen molar-refractivity contribution in [2.45, 2.75) is 0 Å². The van der Waals surface area contributed by atoms with Gasteiger partial charge in [0.25, 0.3) is 5.56 Å². The van der Waals surface area contributed by atoms with Gasteiger partial charge in [-0.3, -0.25) is 14.6 Å². The third kappa shape index (κ3) is 2.13. The van der Waals surface area contributed by atoms with E-state index in [1.54, 1.807) is 31.3 Å². The first kappa shape index (κ1) is 12.0. The predicted octanol–water partition coefficient (Wildman–Crippen LogP) is 1.29. The largest absolute Gasteiger partial charge is 0.465 e. The van der Waals surface area contributed by atoms with Crippen LogP contribution in [0, 0.1) is 0 Å². The van der Waals surface area contributed by atoms with Crippen LogP contribution >= 0.6 is 0 Å². The molecule has 1 aromatic heterocycles. The Kier molecular flexibility index (Phi) is 3.18. The lowest BCUT2D eigenvalue weighted by Gasteiger charge is -2.07. The molecule has 1 aromatic carbocycles. The highest BCUT2D eigenvalue weighted by molar-refractivity contribution is 5.91. The zero-order valence-electron chi connectivity index (χ0n) is 9.97. The van der Waals surface area contributed by atoms with Gasteiger partial charge in [0.05, 0.1) is 7.11 Å². The van der Waals surface area contributed by atoms with Crippen LogP contribution in [0.15, 0.2) is 35.1 Å². The van der Waals surface area contributed by atoms with Gasteiger partial charge in [0.1, 0.15) is 5.75 Å². The van der Waals surface area contributed by atoms with E-state index in [-0.39, 0.29) is 11.4 Å². The van der Waals surface area contributed by atoms with Gasteiger partial charge in [-0.1, -0.05) is 18.2 Å². The van der Waals surface area contributed by atoms with E-state index in [2.05, 4.69) is 9.84 Å². The molecular weight excluding hydrogens is 236 g/mol. The number of hydrogen-bond acceptors (Lipinski definition) is 4. The Morgan fingerprint density at radius 1 is 1.28 bits per heavy atom. The minimum atomic E-state index is -0.734. The lowest BCUT2D eigenvalue weighted by atomic mass is 10.3. The normalized spacial score (nSPS) is 10.1. The summed E-state index contributed by atoms with van der Waals surface area (Å²) in [6, 6.07) is 8.86. The summed E-state index contributed by atoms with van der Waals surface area (Å²) < 4.78 is 11.4. The van der Waals surface area contributed by atoms with Crippen LogP contribution in [0.3, 0.4) is 0 Å². The molecular formula is C12H12N2O4. The highest BCUT2D eigenvalue weighted by atomic mass is 16.5. The van der Waals surface area contributed by atoms with Crippen molar-refractivity contribution in [3.8, 4) is 11.6 Å². The summed E-state index contributed by atoms with van der Waals surface area (Å²) in [5, 5.41) is 2.45. The Morgan fingerprint density at radius 2 is 1.94 bits per heavy atom. The molecule has 0 aliphatic rings. The molecule has 2 aromatic rings. The first-order valence-electron chi connectivity index (χ1n) is 5.23. The average Bonchev–Trinajstić information content (AvgIpc) is 2.65. The number of nitrogens with one attached hydrogen (secondary N) is 1. The standard InChI is InChI=1S/C12H12N2O4/c1-14-11(18-8-6-4-3-5-7-8)9(10(15)13-14)12(16)17-2/h3-7H,1-2H3,(H,13,15). The van der Waals surface area contributed by atoms with Gasteiger partial charge in [0.2, 0.25) is 5.88 Å². The Bertz CT molecular complexity index is 613. The number of aryl methyl sites for hydroxylation is 1. The summed E-state index contributed by atoms with van der Waals surface area (Å²) in [6.45, 7) is 0. The first-order valence-corrected chi connectivity index (χ1v) is 5.23. The molecule has 6 heteroatoms. The number of hydrogen-bond donors (Lipinski definition) is 1. The smallest absolute Gasteiger partial charge is 0.349 e. The van der Waals surface area contributed by atoms with Gasteiger partial charge in [-0.25, -0.2) is 4.79 Å². The zero-order valence-corrected chi connectivity index (χ0v) is 9.97. The molecule has 0 fully saturated rings. The highest BCUT2D eigenvalue weighted by Gasteiger charge is 2.23. The molecule has 0 atom stereocenters. The van der Waals surface area contributed by atoms with Gasteiger partial charge in [0.15, 0.2) is 5.56 Å². The number of nitrogens with zero attached hydrogens (tertiary/aromatic N) is 1. The summed E-state index contributed by atoms with van der Waals surface area (Å²) in [6.07, 6.45) is 0. The van der Waals surface area contributed by atoms with Crippen molar-refractivity contribution in [1.82, 2.24) is 9.78 Å². The van der Waals surface area contributed by atoms with Crippen LogP contribution in [-0.2, 0) is 11.8 Å². The molecule has 0 aliphatic carbocycles. The second-order valence-corrected chi connectivity index (χ2v) is 3.59. The molecule has 1 N–H and O–H groups in total. The summed E-state index contributed by atoms with van der Waals surface area (Å²) in [5.41, 5.74) is -0.695. The monoisotopic (exact) mass is 248 g/mol. The number of methoxy groups -OCH3 is 1. The number of benzene rings is 1. The first-order chi connectivity index (χ1) is 8.63. The van der Waals surface area contributed by atoms with Crippen molar-refractivity contribution < 1.29 is 14.3 Å². The minimum absolute atomic E-state index is 0.123. The van der Waals surface area contributed by atoms with Gasteiger partial charge < -0.3 is 9.47 Å². The number of aromatic nitrogens is 2. The molecule has 94 valence electrons. The quantitative estimate of drug-likeness (QED) is 0.831. The van der Waals surface area contributed by atoms with E-state index < -0.39 is 11.5 Å². The number of H-pyrrole nitrogens is 1. The van der Waals surface area contributed by atoms with Crippen LogP contribution < -0.4 is 10.3 Å². The molecule has 0 radical (unpaired) electrons. The predicted molar refractivity (Wildman–Crippen MR) is 63.9 cm³/mol. The van der Waals surface area contributed by atoms with Crippen LogP contribution in [0.4, 0.5) is 0 Å². The highest BCUT2D eigenvalue weighted by Crippen LogP contribution is 2.22. The van der Waals surface area contributed by atoms with Crippen molar-refractivity contribution in [3.63, 3.8) is 0 Å². The van der Waals surface area contributed by atoms with E-state index >= 15 is 0 Å². The van der Waals surface area contributed by atoms with E-state index in [0.717, 1.165) is 0 Å². The number of para-hydroxylation sites is 1. The number of carbonyl (C=O) groups excluding carboxylic acids is 1. The Balaban J connectivity index is 2.45. The van der Waals surface area contributed by atoms with Crippen LogP contribution in [-0.4, -0.2) is 22.9 Å². The molecule has 0 spiro atoms. The van der Waals surface area contributed by atoms with Crippen molar-refractivity contribution >= 4 is 5.97 Å². The van der Waals surface area contributed by atoms with Gasteiger partial charge >= 0.3 is 5.97 Å². The number of aromatic amines is 1. The second kappa shape index (κ2) is 4.79. The number of carbonyl (C=O) groups is 1. The van der Waals surface area contributed by atoms with Crippen molar-refractivity contribution in [2.24, 2.45) is 7.05 Å². The minimum Gasteiger partial charge on any atom is -0.465 e.